The van der Waals surface area contributed by atoms with Crippen molar-refractivity contribution >= 4 is 22.6 Å². The zero-order valence-electron chi connectivity index (χ0n) is 22.0. The Hall–Kier alpha value is -3.45. The third-order valence-corrected chi connectivity index (χ3v) is 7.81. The molecule has 0 unspecified atom stereocenters. The summed E-state index contributed by atoms with van der Waals surface area (Å²) < 4.78 is 26.1. The maximum absolute atomic E-state index is 12.5. The minimum atomic E-state index is -1.17. The Bertz CT molecular complexity index is 1530. The highest BCUT2D eigenvalue weighted by Crippen LogP contribution is 2.47. The number of aromatic nitrogens is 2. The fourth-order valence-corrected chi connectivity index (χ4v) is 5.58. The predicted octanol–water partition coefficient (Wildman–Crippen LogP) is 3.82. The first-order valence-corrected chi connectivity index (χ1v) is 13.8. The quantitative estimate of drug-likeness (QED) is 0.208. The number of rotatable bonds is 9. The van der Waals surface area contributed by atoms with E-state index >= 15 is 0 Å². The van der Waals surface area contributed by atoms with Crippen LogP contribution in [0.25, 0.3) is 0 Å². The molecule has 0 radical (unpaired) electrons. The average Bonchev–Trinajstić information content (AvgIpc) is 3.36. The van der Waals surface area contributed by atoms with Crippen molar-refractivity contribution in [3.63, 3.8) is 0 Å². The monoisotopic (exact) mass is 656 g/mol. The third kappa shape index (κ3) is 5.19. The van der Waals surface area contributed by atoms with E-state index in [9.17, 15) is 14.7 Å². The van der Waals surface area contributed by atoms with Crippen LogP contribution in [0.15, 0.2) is 94.6 Å². The topological polar surface area (TPSA) is 112 Å². The van der Waals surface area contributed by atoms with E-state index < -0.39 is 35.3 Å². The van der Waals surface area contributed by atoms with E-state index in [1.54, 1.807) is 14.2 Å². The van der Waals surface area contributed by atoms with E-state index in [2.05, 4.69) is 4.98 Å². The van der Waals surface area contributed by atoms with E-state index in [-0.39, 0.29) is 13.0 Å². The highest BCUT2D eigenvalue weighted by molar-refractivity contribution is 14.1. The van der Waals surface area contributed by atoms with Crippen LogP contribution in [0.5, 0.6) is 11.5 Å². The highest BCUT2D eigenvalue weighted by atomic mass is 127. The molecule has 208 valence electrons. The van der Waals surface area contributed by atoms with Gasteiger partial charge in [0.05, 0.1) is 30.5 Å². The van der Waals surface area contributed by atoms with Gasteiger partial charge in [0, 0.05) is 18.2 Å². The maximum Gasteiger partial charge on any atom is 0.330 e. The number of methoxy groups -OCH3 is 2. The first kappa shape index (κ1) is 28.1. The van der Waals surface area contributed by atoms with Crippen LogP contribution in [0, 0.1) is 3.57 Å². The number of aromatic amines is 1. The molecule has 40 heavy (non-hydrogen) atoms. The Balaban J connectivity index is 1.58. The van der Waals surface area contributed by atoms with Gasteiger partial charge in [0.15, 0.2) is 11.5 Å². The van der Waals surface area contributed by atoms with Crippen LogP contribution in [0.1, 0.15) is 29.3 Å². The van der Waals surface area contributed by atoms with Crippen LogP contribution in [-0.2, 0) is 15.1 Å². The Morgan fingerprint density at radius 3 is 2.23 bits per heavy atom. The van der Waals surface area contributed by atoms with Gasteiger partial charge in [0.1, 0.15) is 17.9 Å². The van der Waals surface area contributed by atoms with Crippen LogP contribution >= 0.6 is 22.6 Å². The molecule has 3 atom stereocenters. The standard InChI is InChI=1S/C30H29IN2O7/c1-37-24-15-9-14-21(27(24)38-2)30(19-10-5-3-6-11-19,20-12-7-4-8-13-20)39-18-25-23(34)16-26(40-25)33-17-22(31)28(35)32-29(33)36/h3-15,17,23,25-26,34H,16,18H2,1-2H3,(H,32,35,36)/t23-,25+,26+/m0/s1. The number of hydrogen-bond donors (Lipinski definition) is 2. The summed E-state index contributed by atoms with van der Waals surface area (Å²) in [6.07, 6.45) is -0.859. The number of benzene rings is 3. The second-order valence-electron chi connectivity index (χ2n) is 9.34. The number of hydrogen-bond acceptors (Lipinski definition) is 7. The van der Waals surface area contributed by atoms with Crippen LogP contribution in [0.2, 0.25) is 0 Å². The van der Waals surface area contributed by atoms with Crippen molar-refractivity contribution in [1.29, 1.82) is 0 Å². The molecule has 2 N–H and O–H groups in total. The molecular weight excluding hydrogens is 627 g/mol. The van der Waals surface area contributed by atoms with Gasteiger partial charge < -0.3 is 24.1 Å². The first-order valence-electron chi connectivity index (χ1n) is 12.7. The number of aliphatic hydroxyl groups is 1. The summed E-state index contributed by atoms with van der Waals surface area (Å²) in [5.41, 5.74) is 0.137. The van der Waals surface area contributed by atoms with Crippen LogP contribution in [-0.4, -0.2) is 47.7 Å². The second-order valence-corrected chi connectivity index (χ2v) is 10.5. The number of ether oxygens (including phenoxy) is 4. The Morgan fingerprint density at radius 2 is 1.62 bits per heavy atom. The van der Waals surface area contributed by atoms with Crippen molar-refractivity contribution in [3.8, 4) is 11.5 Å². The van der Waals surface area contributed by atoms with Crippen molar-refractivity contribution < 1.29 is 24.1 Å². The van der Waals surface area contributed by atoms with Crippen LogP contribution < -0.4 is 20.7 Å². The Kier molecular flexibility index (Phi) is 8.40. The van der Waals surface area contributed by atoms with Gasteiger partial charge in [0.25, 0.3) is 5.56 Å². The molecule has 1 fully saturated rings. The molecule has 2 heterocycles. The summed E-state index contributed by atoms with van der Waals surface area (Å²) in [5.74, 6) is 1.06. The molecule has 0 aliphatic carbocycles. The Labute approximate surface area is 244 Å². The van der Waals surface area contributed by atoms with Gasteiger partial charge in [-0.25, -0.2) is 4.79 Å². The molecule has 5 rings (SSSR count). The minimum Gasteiger partial charge on any atom is -0.493 e. The first-order chi connectivity index (χ1) is 19.4. The van der Waals surface area contributed by atoms with E-state index in [4.69, 9.17) is 18.9 Å². The van der Waals surface area contributed by atoms with Crippen molar-refractivity contribution in [2.45, 2.75) is 30.5 Å². The number of para-hydroxylation sites is 1. The van der Waals surface area contributed by atoms with Gasteiger partial charge in [-0.2, -0.15) is 0 Å². The molecule has 4 aromatic rings. The number of aliphatic hydroxyl groups excluding tert-OH is 1. The van der Waals surface area contributed by atoms with Crippen LogP contribution in [0.4, 0.5) is 0 Å². The lowest BCUT2D eigenvalue weighted by Crippen LogP contribution is -2.38. The van der Waals surface area contributed by atoms with Crippen LogP contribution in [0.3, 0.4) is 0 Å². The molecular formula is C30H29IN2O7. The lowest BCUT2D eigenvalue weighted by molar-refractivity contribution is -0.0948. The fraction of sp³-hybridized carbons (Fsp3) is 0.267. The molecule has 0 bridgehead atoms. The summed E-state index contributed by atoms with van der Waals surface area (Å²) in [7, 11) is 3.16. The zero-order chi connectivity index (χ0) is 28.3. The molecule has 0 amide bonds. The van der Waals surface area contributed by atoms with Crippen molar-refractivity contribution in [2.24, 2.45) is 0 Å². The van der Waals surface area contributed by atoms with Crippen molar-refractivity contribution in [1.82, 2.24) is 9.55 Å². The van der Waals surface area contributed by atoms with Crippen molar-refractivity contribution in [3.05, 3.63) is 126 Å². The average molecular weight is 656 g/mol. The molecule has 1 aromatic heterocycles. The predicted molar refractivity (Wildman–Crippen MR) is 157 cm³/mol. The zero-order valence-corrected chi connectivity index (χ0v) is 24.1. The van der Waals surface area contributed by atoms with Gasteiger partial charge in [0.2, 0.25) is 0 Å². The maximum atomic E-state index is 12.5. The normalized spacial score (nSPS) is 18.9. The lowest BCUT2D eigenvalue weighted by atomic mass is 9.79. The van der Waals surface area contributed by atoms with Crippen molar-refractivity contribution in [2.75, 3.05) is 20.8 Å². The smallest absolute Gasteiger partial charge is 0.330 e. The Morgan fingerprint density at radius 1 is 0.975 bits per heavy atom. The summed E-state index contributed by atoms with van der Waals surface area (Å²) in [5, 5.41) is 11.0. The third-order valence-electron chi connectivity index (χ3n) is 7.05. The van der Waals surface area contributed by atoms with Gasteiger partial charge in [-0.3, -0.25) is 14.3 Å². The van der Waals surface area contributed by atoms with E-state index in [1.165, 1.54) is 10.8 Å². The number of nitrogens with one attached hydrogen (secondary N) is 1. The molecule has 1 saturated heterocycles. The summed E-state index contributed by atoms with van der Waals surface area (Å²) in [6.45, 7) is -0.0168. The van der Waals surface area contributed by atoms with Gasteiger partial charge in [-0.05, 0) is 39.8 Å². The molecule has 10 heteroatoms. The highest BCUT2D eigenvalue weighted by Gasteiger charge is 2.44. The molecule has 0 saturated carbocycles. The van der Waals surface area contributed by atoms with Gasteiger partial charge in [-0.15, -0.1) is 0 Å². The number of nitrogens with zero attached hydrogens (tertiary/aromatic N) is 1. The van der Waals surface area contributed by atoms with Gasteiger partial charge in [-0.1, -0.05) is 72.8 Å². The fourth-order valence-electron chi connectivity index (χ4n) is 5.15. The SMILES string of the molecule is COc1cccc(C(OC[C@H]2O[C@@H](n3cc(I)c(=O)[nH]c3=O)C[C@@H]2O)(c2ccccc2)c2ccccc2)c1OC. The van der Waals surface area contributed by atoms with E-state index in [0.717, 1.165) is 11.1 Å². The summed E-state index contributed by atoms with van der Waals surface area (Å²) in [4.78, 5) is 26.6. The molecule has 9 nitrogen and oxygen atoms in total. The summed E-state index contributed by atoms with van der Waals surface area (Å²) >= 11 is 1.85. The number of halogens is 1. The van der Waals surface area contributed by atoms with E-state index in [1.807, 2.05) is 101 Å². The van der Waals surface area contributed by atoms with Gasteiger partial charge >= 0.3 is 5.69 Å². The lowest BCUT2D eigenvalue weighted by Gasteiger charge is -2.38. The second kappa shape index (κ2) is 12.0. The largest absolute Gasteiger partial charge is 0.493 e. The summed E-state index contributed by atoms with van der Waals surface area (Å²) in [6, 6.07) is 25.1. The molecule has 0 spiro atoms. The molecule has 3 aromatic carbocycles. The number of H-pyrrole nitrogens is 1. The molecule has 1 aliphatic heterocycles. The molecule has 1 aliphatic rings. The minimum absolute atomic E-state index is 0.0168. The van der Waals surface area contributed by atoms with E-state index in [0.29, 0.717) is 20.6 Å².